The molecule has 5 nitrogen and oxygen atoms in total. The van der Waals surface area contributed by atoms with E-state index in [2.05, 4.69) is 21.2 Å². The van der Waals surface area contributed by atoms with Crippen LogP contribution in [0.5, 0.6) is 5.75 Å². The normalized spacial score (nSPS) is 13.2. The van der Waals surface area contributed by atoms with E-state index in [1.165, 1.54) is 4.90 Å². The summed E-state index contributed by atoms with van der Waals surface area (Å²) in [5, 5.41) is 2.96. The number of nitrogens with zero attached hydrogens (tertiary/aromatic N) is 1. The van der Waals surface area contributed by atoms with Gasteiger partial charge in [-0.15, -0.1) is 0 Å². The molecule has 0 saturated heterocycles. The van der Waals surface area contributed by atoms with Gasteiger partial charge in [0.2, 0.25) is 5.91 Å². The van der Waals surface area contributed by atoms with Crippen molar-refractivity contribution in [3.8, 4) is 5.75 Å². The van der Waals surface area contributed by atoms with E-state index in [-0.39, 0.29) is 25.0 Å². The largest absolute Gasteiger partial charge is 0.482 e. The molecule has 0 aromatic heterocycles. The number of para-hydroxylation sites is 1. The first-order valence-electron chi connectivity index (χ1n) is 8.10. The average molecular weight is 403 g/mol. The SMILES string of the molecule is CCc1cccc(C)c1NC(=O)CN1C(=O)COc2cc(Br)ccc21. The maximum atomic E-state index is 12.6. The summed E-state index contributed by atoms with van der Waals surface area (Å²) in [6.07, 6.45) is 0.824. The van der Waals surface area contributed by atoms with E-state index in [1.807, 2.05) is 38.1 Å². The zero-order valence-electron chi connectivity index (χ0n) is 14.1. The molecule has 0 spiro atoms. The fourth-order valence-corrected chi connectivity index (χ4v) is 3.22. The molecular weight excluding hydrogens is 384 g/mol. The van der Waals surface area contributed by atoms with Crippen molar-refractivity contribution in [2.75, 3.05) is 23.4 Å². The van der Waals surface area contributed by atoms with Crippen LogP contribution in [-0.4, -0.2) is 25.0 Å². The molecule has 0 saturated carbocycles. The monoisotopic (exact) mass is 402 g/mol. The predicted molar refractivity (Wildman–Crippen MR) is 101 cm³/mol. The highest BCUT2D eigenvalue weighted by Crippen LogP contribution is 2.34. The van der Waals surface area contributed by atoms with E-state index >= 15 is 0 Å². The molecule has 0 fully saturated rings. The standard InChI is InChI=1S/C19H19BrN2O3/c1-3-13-6-4-5-12(2)19(13)21-17(23)10-22-15-8-7-14(20)9-16(15)25-11-18(22)24/h4-9H,3,10-11H2,1-2H3,(H,21,23). The number of aryl methyl sites for hydroxylation is 2. The predicted octanol–water partition coefficient (Wildman–Crippen LogP) is 3.68. The molecule has 1 aliphatic rings. The van der Waals surface area contributed by atoms with Crippen LogP contribution in [0.4, 0.5) is 11.4 Å². The second kappa shape index (κ2) is 7.27. The Hall–Kier alpha value is -2.34. The van der Waals surface area contributed by atoms with Gasteiger partial charge in [-0.1, -0.05) is 41.1 Å². The van der Waals surface area contributed by atoms with Gasteiger partial charge in [-0.25, -0.2) is 0 Å². The molecule has 130 valence electrons. The first-order chi connectivity index (χ1) is 12.0. The molecule has 1 heterocycles. The Morgan fingerprint density at radius 1 is 1.32 bits per heavy atom. The van der Waals surface area contributed by atoms with Crippen molar-refractivity contribution in [3.05, 3.63) is 52.0 Å². The molecular formula is C19H19BrN2O3. The zero-order chi connectivity index (χ0) is 18.0. The van der Waals surface area contributed by atoms with Gasteiger partial charge in [0.15, 0.2) is 6.61 Å². The van der Waals surface area contributed by atoms with E-state index in [0.717, 1.165) is 27.7 Å². The lowest BCUT2D eigenvalue weighted by molar-refractivity contribution is -0.123. The van der Waals surface area contributed by atoms with Crippen molar-refractivity contribution in [3.63, 3.8) is 0 Å². The molecule has 0 unspecified atom stereocenters. The highest BCUT2D eigenvalue weighted by atomic mass is 79.9. The van der Waals surface area contributed by atoms with E-state index in [0.29, 0.717) is 11.4 Å². The Bertz CT molecular complexity index is 835. The Morgan fingerprint density at radius 3 is 2.88 bits per heavy atom. The molecule has 0 aliphatic carbocycles. The van der Waals surface area contributed by atoms with Crippen LogP contribution in [0.25, 0.3) is 0 Å². The fraction of sp³-hybridized carbons (Fsp3) is 0.263. The molecule has 0 radical (unpaired) electrons. The molecule has 1 N–H and O–H groups in total. The third-order valence-electron chi connectivity index (χ3n) is 4.17. The summed E-state index contributed by atoms with van der Waals surface area (Å²) >= 11 is 3.38. The van der Waals surface area contributed by atoms with Crippen LogP contribution < -0.4 is 15.0 Å². The minimum atomic E-state index is -0.231. The van der Waals surface area contributed by atoms with E-state index < -0.39 is 0 Å². The van der Waals surface area contributed by atoms with Gasteiger partial charge in [0.1, 0.15) is 12.3 Å². The van der Waals surface area contributed by atoms with Crippen LogP contribution in [0.3, 0.4) is 0 Å². The second-order valence-corrected chi connectivity index (χ2v) is 6.81. The zero-order valence-corrected chi connectivity index (χ0v) is 15.7. The topological polar surface area (TPSA) is 58.6 Å². The lowest BCUT2D eigenvalue weighted by atomic mass is 10.1. The van der Waals surface area contributed by atoms with Gasteiger partial charge in [0, 0.05) is 10.2 Å². The number of hydrogen-bond donors (Lipinski definition) is 1. The second-order valence-electron chi connectivity index (χ2n) is 5.89. The van der Waals surface area contributed by atoms with Gasteiger partial charge in [0.25, 0.3) is 5.91 Å². The van der Waals surface area contributed by atoms with E-state index in [4.69, 9.17) is 4.74 Å². The Labute approximate surface area is 155 Å². The van der Waals surface area contributed by atoms with Crippen molar-refractivity contribution in [2.45, 2.75) is 20.3 Å². The maximum absolute atomic E-state index is 12.6. The van der Waals surface area contributed by atoms with Crippen LogP contribution in [-0.2, 0) is 16.0 Å². The number of anilines is 2. The number of halogens is 1. The summed E-state index contributed by atoms with van der Waals surface area (Å²) in [6.45, 7) is 3.89. The summed E-state index contributed by atoms with van der Waals surface area (Å²) in [5.74, 6) is 0.130. The van der Waals surface area contributed by atoms with Crippen molar-refractivity contribution in [1.82, 2.24) is 0 Å². The van der Waals surface area contributed by atoms with Crippen LogP contribution in [0.15, 0.2) is 40.9 Å². The molecule has 25 heavy (non-hydrogen) atoms. The number of ether oxygens (including phenoxy) is 1. The van der Waals surface area contributed by atoms with Crippen LogP contribution in [0, 0.1) is 6.92 Å². The van der Waals surface area contributed by atoms with E-state index in [9.17, 15) is 9.59 Å². The van der Waals surface area contributed by atoms with Crippen LogP contribution >= 0.6 is 15.9 Å². The van der Waals surface area contributed by atoms with Gasteiger partial charge in [-0.05, 0) is 42.7 Å². The molecule has 2 aromatic carbocycles. The van der Waals surface area contributed by atoms with Crippen LogP contribution in [0.1, 0.15) is 18.1 Å². The third-order valence-corrected chi connectivity index (χ3v) is 4.66. The molecule has 0 atom stereocenters. The maximum Gasteiger partial charge on any atom is 0.265 e. The highest BCUT2D eigenvalue weighted by molar-refractivity contribution is 9.10. The number of amides is 2. The molecule has 6 heteroatoms. The quantitative estimate of drug-likeness (QED) is 0.848. The molecule has 0 bridgehead atoms. The summed E-state index contributed by atoms with van der Waals surface area (Å²) in [5.41, 5.74) is 3.51. The minimum absolute atomic E-state index is 0.0473. The number of fused-ring (bicyclic) bond motifs is 1. The van der Waals surface area contributed by atoms with Gasteiger partial charge in [-0.2, -0.15) is 0 Å². The van der Waals surface area contributed by atoms with Gasteiger partial charge in [-0.3, -0.25) is 14.5 Å². The Balaban J connectivity index is 1.81. The Morgan fingerprint density at radius 2 is 2.12 bits per heavy atom. The van der Waals surface area contributed by atoms with Gasteiger partial charge in [0.05, 0.1) is 5.69 Å². The molecule has 1 aliphatic heterocycles. The number of rotatable bonds is 4. The van der Waals surface area contributed by atoms with Crippen molar-refractivity contribution in [1.29, 1.82) is 0 Å². The molecule has 2 amide bonds. The molecule has 3 rings (SSSR count). The summed E-state index contributed by atoms with van der Waals surface area (Å²) < 4.78 is 6.31. The smallest absolute Gasteiger partial charge is 0.265 e. The number of benzene rings is 2. The van der Waals surface area contributed by atoms with Gasteiger partial charge >= 0.3 is 0 Å². The number of carbonyl (C=O) groups is 2. The van der Waals surface area contributed by atoms with Gasteiger partial charge < -0.3 is 10.1 Å². The van der Waals surface area contributed by atoms with Crippen molar-refractivity contribution >= 4 is 39.1 Å². The average Bonchev–Trinajstić information content (AvgIpc) is 2.59. The first-order valence-corrected chi connectivity index (χ1v) is 8.90. The Kier molecular flexibility index (Phi) is 5.08. The molecule has 2 aromatic rings. The van der Waals surface area contributed by atoms with Crippen molar-refractivity contribution in [2.24, 2.45) is 0 Å². The highest BCUT2D eigenvalue weighted by Gasteiger charge is 2.27. The van der Waals surface area contributed by atoms with E-state index in [1.54, 1.807) is 12.1 Å². The number of hydrogen-bond acceptors (Lipinski definition) is 3. The lowest BCUT2D eigenvalue weighted by Gasteiger charge is -2.29. The fourth-order valence-electron chi connectivity index (χ4n) is 2.88. The van der Waals surface area contributed by atoms with Crippen LogP contribution in [0.2, 0.25) is 0 Å². The third kappa shape index (κ3) is 3.69. The summed E-state index contributed by atoms with van der Waals surface area (Å²) in [4.78, 5) is 26.3. The number of carbonyl (C=O) groups excluding carboxylic acids is 2. The summed E-state index contributed by atoms with van der Waals surface area (Å²) in [6, 6.07) is 11.3. The minimum Gasteiger partial charge on any atom is -0.482 e. The first kappa shape index (κ1) is 17.5. The lowest BCUT2D eigenvalue weighted by Crippen LogP contribution is -2.43. The van der Waals surface area contributed by atoms with Crippen molar-refractivity contribution < 1.29 is 14.3 Å². The summed E-state index contributed by atoms with van der Waals surface area (Å²) in [7, 11) is 0. The number of nitrogens with one attached hydrogen (secondary N) is 1.